The van der Waals surface area contributed by atoms with Crippen LogP contribution < -0.4 is 10.6 Å². The van der Waals surface area contributed by atoms with E-state index in [0.29, 0.717) is 6.54 Å². The number of benzene rings is 1. The lowest BCUT2D eigenvalue weighted by atomic mass is 9.89. The molecule has 2 rings (SSSR count). The van der Waals surface area contributed by atoms with Crippen LogP contribution in [0, 0.1) is 5.92 Å². The van der Waals surface area contributed by atoms with Gasteiger partial charge in [-0.05, 0) is 18.4 Å². The molecule has 124 valence electrons. The maximum absolute atomic E-state index is 11.8. The number of esters is 1. The average molecular weight is 318 g/mol. The van der Waals surface area contributed by atoms with Gasteiger partial charge in [0.2, 0.25) is 0 Å². The maximum Gasteiger partial charge on any atom is 0.321 e. The molecule has 0 atom stereocenters. The third-order valence-corrected chi connectivity index (χ3v) is 3.83. The smallest absolute Gasteiger partial charge is 0.321 e. The molecule has 0 saturated heterocycles. The van der Waals surface area contributed by atoms with E-state index in [9.17, 15) is 14.4 Å². The molecular formula is C17H22N2O4. The molecule has 3 amide bonds. The number of ether oxygens (including phenoxy) is 1. The standard InChI is InChI=1S/C17H22N2O4/c20-15(12-23-16(21)14-9-5-2-6-10-14)19-17(22)18-11-13-7-3-1-4-8-13/h1,3-4,7-8,14H,2,5-6,9-12H2,(H2,18,19,20,22). The first-order valence-electron chi connectivity index (χ1n) is 7.93. The van der Waals surface area contributed by atoms with Crippen LogP contribution in [0.5, 0.6) is 0 Å². The van der Waals surface area contributed by atoms with E-state index in [-0.39, 0.29) is 11.9 Å². The Morgan fingerprint density at radius 1 is 1.04 bits per heavy atom. The van der Waals surface area contributed by atoms with Crippen molar-refractivity contribution in [3.63, 3.8) is 0 Å². The zero-order valence-corrected chi connectivity index (χ0v) is 13.0. The molecule has 1 aliphatic carbocycles. The Labute approximate surface area is 135 Å². The fourth-order valence-corrected chi connectivity index (χ4v) is 2.58. The zero-order chi connectivity index (χ0) is 16.5. The molecule has 0 heterocycles. The number of amides is 3. The van der Waals surface area contributed by atoms with E-state index < -0.39 is 18.5 Å². The van der Waals surface area contributed by atoms with Gasteiger partial charge < -0.3 is 10.1 Å². The Morgan fingerprint density at radius 2 is 1.74 bits per heavy atom. The average Bonchev–Trinajstić information content (AvgIpc) is 2.59. The zero-order valence-electron chi connectivity index (χ0n) is 13.0. The number of imide groups is 1. The van der Waals surface area contributed by atoms with Crippen molar-refractivity contribution in [1.82, 2.24) is 10.6 Å². The molecule has 1 aliphatic rings. The van der Waals surface area contributed by atoms with Crippen LogP contribution in [-0.4, -0.2) is 24.5 Å². The van der Waals surface area contributed by atoms with Crippen LogP contribution >= 0.6 is 0 Å². The van der Waals surface area contributed by atoms with Crippen molar-refractivity contribution in [2.24, 2.45) is 5.92 Å². The summed E-state index contributed by atoms with van der Waals surface area (Å²) in [4.78, 5) is 35.0. The van der Waals surface area contributed by atoms with Crippen molar-refractivity contribution in [3.8, 4) is 0 Å². The minimum absolute atomic E-state index is 0.108. The Balaban J connectivity index is 1.63. The van der Waals surface area contributed by atoms with Gasteiger partial charge in [0.25, 0.3) is 5.91 Å². The van der Waals surface area contributed by atoms with Crippen LogP contribution in [-0.2, 0) is 20.9 Å². The van der Waals surface area contributed by atoms with Gasteiger partial charge in [-0.25, -0.2) is 4.79 Å². The molecule has 0 aromatic heterocycles. The van der Waals surface area contributed by atoms with Crippen LogP contribution in [0.15, 0.2) is 30.3 Å². The van der Waals surface area contributed by atoms with Gasteiger partial charge in [0.15, 0.2) is 6.61 Å². The summed E-state index contributed by atoms with van der Waals surface area (Å²) in [6.07, 6.45) is 4.82. The highest BCUT2D eigenvalue weighted by Gasteiger charge is 2.23. The van der Waals surface area contributed by atoms with E-state index in [1.165, 1.54) is 0 Å². The van der Waals surface area contributed by atoms with Crippen LogP contribution in [0.1, 0.15) is 37.7 Å². The molecule has 6 heteroatoms. The Kier molecular flexibility index (Phi) is 6.59. The molecule has 23 heavy (non-hydrogen) atoms. The lowest BCUT2D eigenvalue weighted by molar-refractivity contribution is -0.153. The first-order chi connectivity index (χ1) is 11.1. The van der Waals surface area contributed by atoms with Gasteiger partial charge in [-0.2, -0.15) is 0 Å². The van der Waals surface area contributed by atoms with Crippen molar-refractivity contribution in [3.05, 3.63) is 35.9 Å². The third-order valence-electron chi connectivity index (χ3n) is 3.83. The fraction of sp³-hybridized carbons (Fsp3) is 0.471. The SMILES string of the molecule is O=C(COC(=O)C1CCCCC1)NC(=O)NCc1ccccc1. The first kappa shape index (κ1) is 17.0. The minimum Gasteiger partial charge on any atom is -0.455 e. The lowest BCUT2D eigenvalue weighted by Crippen LogP contribution is -2.41. The molecule has 2 N–H and O–H groups in total. The van der Waals surface area contributed by atoms with Gasteiger partial charge >= 0.3 is 12.0 Å². The summed E-state index contributed by atoms with van der Waals surface area (Å²) in [5.74, 6) is -1.08. The monoisotopic (exact) mass is 318 g/mol. The Hall–Kier alpha value is -2.37. The molecule has 1 fully saturated rings. The predicted molar refractivity (Wildman–Crippen MR) is 84.4 cm³/mol. The van der Waals surface area contributed by atoms with E-state index in [1.807, 2.05) is 30.3 Å². The second-order valence-electron chi connectivity index (χ2n) is 5.66. The van der Waals surface area contributed by atoms with Gasteiger partial charge in [0.05, 0.1) is 5.92 Å². The molecular weight excluding hydrogens is 296 g/mol. The number of carbonyl (C=O) groups excluding carboxylic acids is 3. The van der Waals surface area contributed by atoms with Crippen molar-refractivity contribution in [1.29, 1.82) is 0 Å². The molecule has 0 spiro atoms. The van der Waals surface area contributed by atoms with Gasteiger partial charge in [-0.3, -0.25) is 14.9 Å². The van der Waals surface area contributed by atoms with Crippen LogP contribution in [0.2, 0.25) is 0 Å². The summed E-state index contributed by atoms with van der Waals surface area (Å²) in [6.45, 7) is -0.101. The topological polar surface area (TPSA) is 84.5 Å². The van der Waals surface area contributed by atoms with Crippen molar-refractivity contribution < 1.29 is 19.1 Å². The minimum atomic E-state index is -0.625. The van der Waals surface area contributed by atoms with Crippen LogP contribution in [0.25, 0.3) is 0 Å². The predicted octanol–water partition coefficient (Wildman–Crippen LogP) is 2.14. The largest absolute Gasteiger partial charge is 0.455 e. The summed E-state index contributed by atoms with van der Waals surface area (Å²) in [5, 5.41) is 4.71. The Morgan fingerprint density at radius 3 is 2.43 bits per heavy atom. The Bertz CT molecular complexity index is 539. The quantitative estimate of drug-likeness (QED) is 0.815. The lowest BCUT2D eigenvalue weighted by Gasteiger charge is -2.19. The second kappa shape index (κ2) is 8.92. The van der Waals surface area contributed by atoms with Gasteiger partial charge in [0.1, 0.15) is 0 Å². The number of hydrogen-bond donors (Lipinski definition) is 2. The van der Waals surface area contributed by atoms with Gasteiger partial charge in [0, 0.05) is 6.54 Å². The number of carbonyl (C=O) groups is 3. The molecule has 6 nitrogen and oxygen atoms in total. The van der Waals surface area contributed by atoms with Crippen LogP contribution in [0.3, 0.4) is 0 Å². The summed E-state index contributed by atoms with van der Waals surface area (Å²) in [5.41, 5.74) is 0.929. The molecule has 0 radical (unpaired) electrons. The summed E-state index contributed by atoms with van der Waals surface area (Å²) in [6, 6.07) is 8.75. The molecule has 0 aliphatic heterocycles. The first-order valence-corrected chi connectivity index (χ1v) is 7.93. The fourth-order valence-electron chi connectivity index (χ4n) is 2.58. The van der Waals surface area contributed by atoms with Crippen molar-refractivity contribution in [2.45, 2.75) is 38.6 Å². The number of hydrogen-bond acceptors (Lipinski definition) is 4. The molecule has 0 unspecified atom stereocenters. The van der Waals surface area contributed by atoms with Crippen molar-refractivity contribution in [2.75, 3.05) is 6.61 Å². The highest BCUT2D eigenvalue weighted by Crippen LogP contribution is 2.24. The number of nitrogens with one attached hydrogen (secondary N) is 2. The molecule has 1 aromatic rings. The summed E-state index contributed by atoms with van der Waals surface area (Å²) in [7, 11) is 0. The summed E-state index contributed by atoms with van der Waals surface area (Å²) < 4.78 is 4.98. The van der Waals surface area contributed by atoms with Crippen LogP contribution in [0.4, 0.5) is 4.79 Å². The maximum atomic E-state index is 11.8. The molecule has 0 bridgehead atoms. The summed E-state index contributed by atoms with van der Waals surface area (Å²) >= 11 is 0. The highest BCUT2D eigenvalue weighted by molar-refractivity contribution is 5.95. The second-order valence-corrected chi connectivity index (χ2v) is 5.66. The van der Waals surface area contributed by atoms with Crippen molar-refractivity contribution >= 4 is 17.9 Å². The van der Waals surface area contributed by atoms with E-state index in [0.717, 1.165) is 37.7 Å². The molecule has 1 saturated carbocycles. The molecule has 1 aromatic carbocycles. The third kappa shape index (κ3) is 6.10. The van der Waals surface area contributed by atoms with E-state index >= 15 is 0 Å². The normalized spacial score (nSPS) is 14.8. The van der Waals surface area contributed by atoms with E-state index in [1.54, 1.807) is 0 Å². The number of rotatable bonds is 5. The number of urea groups is 1. The van der Waals surface area contributed by atoms with Gasteiger partial charge in [-0.15, -0.1) is 0 Å². The van der Waals surface area contributed by atoms with E-state index in [4.69, 9.17) is 4.74 Å². The van der Waals surface area contributed by atoms with Gasteiger partial charge in [-0.1, -0.05) is 49.6 Å². The highest BCUT2D eigenvalue weighted by atomic mass is 16.5. The van der Waals surface area contributed by atoms with E-state index in [2.05, 4.69) is 10.6 Å².